The molecule has 0 radical (unpaired) electrons. The highest BCUT2D eigenvalue weighted by Crippen LogP contribution is 2.36. The number of halogens is 6. The first-order valence-electron chi connectivity index (χ1n) is 7.81. The Morgan fingerprint density at radius 3 is 2.29 bits per heavy atom. The minimum Gasteiger partial charge on any atom is -0.439 e. The number of ether oxygens (including phenoxy) is 1. The molecule has 1 heterocycles. The number of carbonyl (C=O) groups is 1. The van der Waals surface area contributed by atoms with E-state index >= 15 is 0 Å². The predicted molar refractivity (Wildman–Crippen MR) is 87.2 cm³/mol. The van der Waals surface area contributed by atoms with Crippen LogP contribution in [0.2, 0.25) is 0 Å². The Hall–Kier alpha value is -2.56. The summed E-state index contributed by atoms with van der Waals surface area (Å²) in [6.45, 7) is 6.61. The number of aryl methyl sites for hydroxylation is 1. The van der Waals surface area contributed by atoms with Gasteiger partial charge in [0, 0.05) is 18.8 Å². The number of aliphatic hydroxyl groups excluding tert-OH is 1. The summed E-state index contributed by atoms with van der Waals surface area (Å²) in [6.07, 6.45) is -15.0. The molecule has 0 aliphatic rings. The zero-order valence-corrected chi connectivity index (χ0v) is 14.4. The van der Waals surface area contributed by atoms with Gasteiger partial charge in [0.05, 0.1) is 11.7 Å². The SMILES string of the molecule is C=Cc1ccc(=O)n(CCC[C@@H](O)C(=C)C(=O)OC(C(F)(F)F)C(F)(F)F)c1. The lowest BCUT2D eigenvalue weighted by atomic mass is 10.1. The molecule has 1 rings (SSSR count). The minimum atomic E-state index is -5.86. The van der Waals surface area contributed by atoms with Gasteiger partial charge >= 0.3 is 18.3 Å². The number of hydrogen-bond donors (Lipinski definition) is 1. The van der Waals surface area contributed by atoms with E-state index in [1.165, 1.54) is 29.0 Å². The van der Waals surface area contributed by atoms with Crippen LogP contribution in [0.25, 0.3) is 6.08 Å². The molecule has 1 aromatic rings. The summed E-state index contributed by atoms with van der Waals surface area (Å²) in [4.78, 5) is 23.2. The molecule has 0 bridgehead atoms. The number of hydrogen-bond acceptors (Lipinski definition) is 4. The van der Waals surface area contributed by atoms with E-state index in [2.05, 4.69) is 17.9 Å². The molecule has 11 heteroatoms. The van der Waals surface area contributed by atoms with Gasteiger partial charge in [-0.3, -0.25) is 4.79 Å². The summed E-state index contributed by atoms with van der Waals surface area (Å²) in [7, 11) is 0. The van der Waals surface area contributed by atoms with Crippen molar-refractivity contribution in [2.24, 2.45) is 0 Å². The van der Waals surface area contributed by atoms with Crippen molar-refractivity contribution < 1.29 is 41.0 Å². The highest BCUT2D eigenvalue weighted by molar-refractivity contribution is 5.89. The second-order valence-corrected chi connectivity index (χ2v) is 5.75. The molecular formula is C17H17F6NO4. The van der Waals surface area contributed by atoms with Crippen molar-refractivity contribution in [3.8, 4) is 0 Å². The van der Waals surface area contributed by atoms with Gasteiger partial charge in [-0.25, -0.2) is 4.79 Å². The third-order valence-electron chi connectivity index (χ3n) is 3.60. The molecule has 0 saturated carbocycles. The highest BCUT2D eigenvalue weighted by Gasteiger charge is 2.60. The van der Waals surface area contributed by atoms with Crippen molar-refractivity contribution in [2.75, 3.05) is 0 Å². The van der Waals surface area contributed by atoms with Crippen LogP contribution in [0.1, 0.15) is 18.4 Å². The van der Waals surface area contributed by atoms with Gasteiger partial charge < -0.3 is 14.4 Å². The van der Waals surface area contributed by atoms with Crippen molar-refractivity contribution in [1.29, 1.82) is 0 Å². The lowest BCUT2D eigenvalue weighted by Crippen LogP contribution is -2.46. The lowest BCUT2D eigenvalue weighted by molar-refractivity contribution is -0.312. The average Bonchev–Trinajstić information content (AvgIpc) is 2.58. The molecule has 156 valence electrons. The molecule has 0 saturated heterocycles. The van der Waals surface area contributed by atoms with Crippen molar-refractivity contribution in [3.05, 3.63) is 53.0 Å². The van der Waals surface area contributed by atoms with E-state index in [9.17, 15) is 41.0 Å². The molecule has 0 spiro atoms. The molecule has 1 atom stereocenters. The van der Waals surface area contributed by atoms with E-state index < -0.39 is 36.1 Å². The van der Waals surface area contributed by atoms with Crippen molar-refractivity contribution in [2.45, 2.75) is 43.9 Å². The van der Waals surface area contributed by atoms with Gasteiger partial charge in [0.15, 0.2) is 0 Å². The van der Waals surface area contributed by atoms with Crippen LogP contribution >= 0.6 is 0 Å². The number of esters is 1. The summed E-state index contributed by atoms with van der Waals surface area (Å²) in [5.74, 6) is -2.02. The monoisotopic (exact) mass is 413 g/mol. The van der Waals surface area contributed by atoms with Crippen LogP contribution in [-0.4, -0.2) is 40.2 Å². The van der Waals surface area contributed by atoms with Gasteiger partial charge in [-0.15, -0.1) is 0 Å². The number of carbonyl (C=O) groups excluding carboxylic acids is 1. The first-order valence-corrected chi connectivity index (χ1v) is 7.81. The fraction of sp³-hybridized carbons (Fsp3) is 0.412. The van der Waals surface area contributed by atoms with Crippen molar-refractivity contribution in [3.63, 3.8) is 0 Å². The van der Waals surface area contributed by atoms with Crippen LogP contribution in [0.3, 0.4) is 0 Å². The lowest BCUT2D eigenvalue weighted by Gasteiger charge is -2.24. The Labute approximate surface area is 155 Å². The second kappa shape index (κ2) is 9.09. The molecule has 0 aliphatic carbocycles. The van der Waals surface area contributed by atoms with Gasteiger partial charge in [-0.1, -0.05) is 19.2 Å². The molecule has 28 heavy (non-hydrogen) atoms. The zero-order chi connectivity index (χ0) is 21.7. The first kappa shape index (κ1) is 23.5. The number of aliphatic hydroxyl groups is 1. The Kier molecular flexibility index (Phi) is 7.62. The quantitative estimate of drug-likeness (QED) is 0.404. The number of alkyl halides is 6. The fourth-order valence-corrected chi connectivity index (χ4v) is 2.11. The van der Waals surface area contributed by atoms with Crippen LogP contribution in [-0.2, 0) is 16.1 Å². The Morgan fingerprint density at radius 1 is 1.21 bits per heavy atom. The normalized spacial score (nSPS) is 13.3. The van der Waals surface area contributed by atoms with Gasteiger partial charge in [-0.05, 0) is 24.5 Å². The molecule has 0 amide bonds. The van der Waals surface area contributed by atoms with E-state index in [0.717, 1.165) is 0 Å². The molecule has 0 aliphatic heterocycles. The smallest absolute Gasteiger partial charge is 0.434 e. The van der Waals surface area contributed by atoms with Crippen LogP contribution in [0, 0.1) is 0 Å². The molecular weight excluding hydrogens is 396 g/mol. The third kappa shape index (κ3) is 6.55. The highest BCUT2D eigenvalue weighted by atomic mass is 19.4. The largest absolute Gasteiger partial charge is 0.439 e. The summed E-state index contributed by atoms with van der Waals surface area (Å²) in [6, 6.07) is 2.80. The topological polar surface area (TPSA) is 68.5 Å². The fourth-order valence-electron chi connectivity index (χ4n) is 2.11. The van der Waals surface area contributed by atoms with Crippen molar-refractivity contribution in [1.82, 2.24) is 4.57 Å². The predicted octanol–water partition coefficient (Wildman–Crippen LogP) is 3.23. The van der Waals surface area contributed by atoms with Crippen LogP contribution < -0.4 is 5.56 Å². The molecule has 1 aromatic heterocycles. The van der Waals surface area contributed by atoms with Crippen LogP contribution in [0.5, 0.6) is 0 Å². The molecule has 5 nitrogen and oxygen atoms in total. The maximum Gasteiger partial charge on any atom is 0.434 e. The maximum atomic E-state index is 12.4. The maximum absolute atomic E-state index is 12.4. The third-order valence-corrected chi connectivity index (χ3v) is 3.60. The number of pyridine rings is 1. The van der Waals surface area contributed by atoms with E-state index in [4.69, 9.17) is 0 Å². The van der Waals surface area contributed by atoms with Crippen LogP contribution in [0.15, 0.2) is 41.9 Å². The Balaban J connectivity index is 2.68. The Morgan fingerprint density at radius 2 is 1.79 bits per heavy atom. The summed E-state index contributed by atoms with van der Waals surface area (Å²) >= 11 is 0. The van der Waals surface area contributed by atoms with Crippen LogP contribution in [0.4, 0.5) is 26.3 Å². The minimum absolute atomic E-state index is 0.0770. The summed E-state index contributed by atoms with van der Waals surface area (Å²) in [5.41, 5.74) is -0.680. The van der Waals surface area contributed by atoms with E-state index in [1.54, 1.807) is 0 Å². The van der Waals surface area contributed by atoms with Gasteiger partial charge in [0.2, 0.25) is 0 Å². The van der Waals surface area contributed by atoms with Gasteiger partial charge in [-0.2, -0.15) is 26.3 Å². The van der Waals surface area contributed by atoms with Gasteiger partial charge in [0.25, 0.3) is 11.7 Å². The average molecular weight is 413 g/mol. The standard InChI is InChI=1S/C17H17F6NO4/c1-3-11-6-7-13(26)24(9-11)8-4-5-12(25)10(2)14(27)28-15(16(18,19)20)17(21,22)23/h3,6-7,9,12,15,25H,1-2,4-5,8H2/t12-/m1/s1. The Bertz CT molecular complexity index is 767. The number of nitrogens with zero attached hydrogens (tertiary/aromatic N) is 1. The van der Waals surface area contributed by atoms with Gasteiger partial charge in [0.1, 0.15) is 0 Å². The summed E-state index contributed by atoms with van der Waals surface area (Å²) in [5, 5.41) is 9.79. The molecule has 1 N–H and O–H groups in total. The zero-order valence-electron chi connectivity index (χ0n) is 14.4. The summed E-state index contributed by atoms with van der Waals surface area (Å²) < 4.78 is 79.1. The number of aromatic nitrogens is 1. The molecule has 0 unspecified atom stereocenters. The van der Waals surface area contributed by atoms with E-state index in [0.29, 0.717) is 5.56 Å². The molecule has 0 aromatic carbocycles. The van der Waals surface area contributed by atoms with Crippen molar-refractivity contribution >= 4 is 12.0 Å². The number of rotatable bonds is 8. The van der Waals surface area contributed by atoms with E-state index in [1.807, 2.05) is 0 Å². The second-order valence-electron chi connectivity index (χ2n) is 5.75. The first-order chi connectivity index (χ1) is 12.8. The van der Waals surface area contributed by atoms with E-state index in [-0.39, 0.29) is 24.9 Å². The molecule has 0 fully saturated rings.